The Balaban J connectivity index is 1.81. The zero-order chi connectivity index (χ0) is 32.0. The van der Waals surface area contributed by atoms with Crippen molar-refractivity contribution in [1.29, 1.82) is 0 Å². The number of ether oxygens (including phenoxy) is 2. The molecule has 2 aliphatic heterocycles. The first-order valence-electron chi connectivity index (χ1n) is 11.9. The van der Waals surface area contributed by atoms with Gasteiger partial charge in [-0.3, -0.25) is 0 Å². The smallest absolute Gasteiger partial charge is 0.456 e. The van der Waals surface area contributed by atoms with Gasteiger partial charge in [-0.25, -0.2) is 4.79 Å². The highest BCUT2D eigenvalue weighted by molar-refractivity contribution is 7.88. The molecular formula is C26H18F6O9S2. The Morgan fingerprint density at radius 3 is 1.86 bits per heavy atom. The first-order valence-corrected chi connectivity index (χ1v) is 14.8. The van der Waals surface area contributed by atoms with Gasteiger partial charge in [-0.1, -0.05) is 39.0 Å². The van der Waals surface area contributed by atoms with Crippen LogP contribution in [-0.4, -0.2) is 33.8 Å². The summed E-state index contributed by atoms with van der Waals surface area (Å²) in [5.74, 6) is -3.36. The van der Waals surface area contributed by atoms with Crippen molar-refractivity contribution >= 4 is 26.2 Å². The number of alkyl halides is 6. The molecule has 9 nitrogen and oxygen atoms in total. The molecule has 1 spiro atoms. The fraction of sp³-hybridized carbons (Fsp3) is 0.269. The number of rotatable bonds is 4. The quantitative estimate of drug-likeness (QED) is 0.144. The summed E-state index contributed by atoms with van der Waals surface area (Å²) in [6.07, 6.45) is 0. The average Bonchev–Trinajstić information content (AvgIpc) is 3.14. The van der Waals surface area contributed by atoms with Gasteiger partial charge in [-0.05, 0) is 35.2 Å². The third-order valence-corrected chi connectivity index (χ3v) is 8.50. The van der Waals surface area contributed by atoms with Crippen molar-refractivity contribution in [2.75, 3.05) is 0 Å². The van der Waals surface area contributed by atoms with Crippen molar-refractivity contribution in [2.24, 2.45) is 0 Å². The Kier molecular flexibility index (Phi) is 6.56. The van der Waals surface area contributed by atoms with Crippen molar-refractivity contribution in [2.45, 2.75) is 42.8 Å². The lowest BCUT2D eigenvalue weighted by Crippen LogP contribution is -2.36. The van der Waals surface area contributed by atoms with E-state index in [2.05, 4.69) is 8.37 Å². The molecule has 0 radical (unpaired) electrons. The molecule has 1 unspecified atom stereocenters. The van der Waals surface area contributed by atoms with Gasteiger partial charge in [0.1, 0.15) is 23.0 Å². The number of carbonyl (C=O) groups is 1. The molecule has 3 aromatic carbocycles. The average molecular weight is 653 g/mol. The van der Waals surface area contributed by atoms with Crippen LogP contribution in [0.15, 0.2) is 54.6 Å². The van der Waals surface area contributed by atoms with Gasteiger partial charge in [0.05, 0.1) is 11.1 Å². The van der Waals surface area contributed by atoms with E-state index in [0.717, 1.165) is 30.3 Å². The molecule has 5 rings (SSSR count). The summed E-state index contributed by atoms with van der Waals surface area (Å²) in [6.45, 7) is 4.86. The number of benzene rings is 3. The van der Waals surface area contributed by atoms with Crippen LogP contribution in [0.2, 0.25) is 0 Å². The first-order chi connectivity index (χ1) is 19.6. The molecule has 17 heteroatoms. The van der Waals surface area contributed by atoms with Crippen molar-refractivity contribution in [3.05, 3.63) is 82.4 Å². The number of hydrogen-bond donors (Lipinski definition) is 0. The number of halogens is 6. The minimum atomic E-state index is -6.16. The Hall–Kier alpha value is -3.99. The third kappa shape index (κ3) is 4.83. The van der Waals surface area contributed by atoms with Crippen molar-refractivity contribution < 1.29 is 65.8 Å². The molecule has 0 aliphatic carbocycles. The van der Waals surface area contributed by atoms with E-state index in [9.17, 15) is 48.0 Å². The summed E-state index contributed by atoms with van der Waals surface area (Å²) in [5, 5.41) is 0. The van der Waals surface area contributed by atoms with Gasteiger partial charge in [0, 0.05) is 23.3 Å². The minimum Gasteiger partial charge on any atom is -0.456 e. The molecule has 230 valence electrons. The standard InChI is InChI=1S/C26H18F6O9S2/c1-23(2,3)18-10-14(41-43(36,37)26(30,31)32)12-20-21(18)24(16-7-5-4-6-15(16)22(33)39-24)17-9-8-13(11-19(17)38-20)40-42(34,35)25(27,28)29/h4-12H,1-3H3. The van der Waals surface area contributed by atoms with Crippen LogP contribution in [0.1, 0.15) is 53.4 Å². The van der Waals surface area contributed by atoms with Gasteiger partial charge in [-0.15, -0.1) is 0 Å². The monoisotopic (exact) mass is 652 g/mol. The Morgan fingerprint density at radius 1 is 0.721 bits per heavy atom. The Morgan fingerprint density at radius 2 is 1.28 bits per heavy atom. The summed E-state index contributed by atoms with van der Waals surface area (Å²) < 4.78 is 146. The van der Waals surface area contributed by atoms with E-state index in [1.54, 1.807) is 26.8 Å². The first kappa shape index (κ1) is 30.5. The maximum absolute atomic E-state index is 13.2. The van der Waals surface area contributed by atoms with E-state index in [1.807, 2.05) is 0 Å². The normalized spacial score (nSPS) is 18.3. The van der Waals surface area contributed by atoms with Gasteiger partial charge >= 0.3 is 37.2 Å². The number of hydrogen-bond acceptors (Lipinski definition) is 9. The molecule has 2 aliphatic rings. The number of carbonyl (C=O) groups excluding carboxylic acids is 1. The van der Waals surface area contributed by atoms with Crippen molar-refractivity contribution in [3.8, 4) is 23.0 Å². The highest BCUT2D eigenvalue weighted by Crippen LogP contribution is 2.59. The van der Waals surface area contributed by atoms with Gasteiger partial charge in [-0.2, -0.15) is 43.2 Å². The SMILES string of the molecule is CC(C)(C)c1cc(OS(=O)(=O)C(F)(F)F)cc2c1C1(OC(=O)c3ccccc31)c1ccc(OS(=O)(=O)C(F)(F)F)cc1O2. The summed E-state index contributed by atoms with van der Waals surface area (Å²) in [6, 6.07) is 10.5. The predicted octanol–water partition coefficient (Wildman–Crippen LogP) is 6.01. The fourth-order valence-electron chi connectivity index (χ4n) is 4.81. The topological polar surface area (TPSA) is 122 Å². The van der Waals surface area contributed by atoms with E-state index in [1.165, 1.54) is 18.2 Å². The van der Waals surface area contributed by atoms with Crippen LogP contribution in [0.3, 0.4) is 0 Å². The molecule has 43 heavy (non-hydrogen) atoms. The molecular weight excluding hydrogens is 634 g/mol. The largest absolute Gasteiger partial charge is 0.534 e. The summed E-state index contributed by atoms with van der Waals surface area (Å²) in [5.41, 5.74) is -14.1. The molecule has 2 heterocycles. The molecule has 0 N–H and O–H groups in total. The van der Waals surface area contributed by atoms with Crippen LogP contribution >= 0.6 is 0 Å². The van der Waals surface area contributed by atoms with Gasteiger partial charge in [0.2, 0.25) is 0 Å². The van der Waals surface area contributed by atoms with Gasteiger partial charge in [0.15, 0.2) is 5.60 Å². The second-order valence-corrected chi connectivity index (χ2v) is 13.5. The lowest BCUT2D eigenvalue weighted by atomic mass is 9.71. The third-order valence-electron chi connectivity index (χ3n) is 6.54. The summed E-state index contributed by atoms with van der Waals surface area (Å²) in [4.78, 5) is 13.1. The predicted molar refractivity (Wildman–Crippen MR) is 135 cm³/mol. The van der Waals surface area contributed by atoms with E-state index < -0.39 is 71.2 Å². The van der Waals surface area contributed by atoms with Crippen molar-refractivity contribution in [3.63, 3.8) is 0 Å². The van der Waals surface area contributed by atoms with Crippen LogP contribution in [-0.2, 0) is 36.0 Å². The van der Waals surface area contributed by atoms with Crippen LogP contribution < -0.4 is 13.1 Å². The molecule has 0 saturated carbocycles. The zero-order valence-corrected chi connectivity index (χ0v) is 23.6. The second-order valence-electron chi connectivity index (χ2n) is 10.4. The molecule has 0 fully saturated rings. The highest BCUT2D eigenvalue weighted by Gasteiger charge is 2.56. The highest BCUT2D eigenvalue weighted by atomic mass is 32.2. The van der Waals surface area contributed by atoms with Crippen LogP contribution in [0, 0.1) is 0 Å². The lowest BCUT2D eigenvalue weighted by Gasteiger charge is -2.40. The lowest BCUT2D eigenvalue weighted by molar-refractivity contribution is -0.0504. The second kappa shape index (κ2) is 9.25. The van der Waals surface area contributed by atoms with Crippen LogP contribution in [0.25, 0.3) is 0 Å². The molecule has 3 aromatic rings. The maximum atomic E-state index is 13.2. The molecule has 0 aromatic heterocycles. The molecule has 0 amide bonds. The van der Waals surface area contributed by atoms with E-state index in [0.29, 0.717) is 0 Å². The number of fused-ring (bicyclic) bond motifs is 6. The molecule has 0 bridgehead atoms. The Bertz CT molecular complexity index is 1890. The summed E-state index contributed by atoms with van der Waals surface area (Å²) in [7, 11) is -12.3. The Labute approximate surface area is 240 Å². The number of esters is 1. The summed E-state index contributed by atoms with van der Waals surface area (Å²) >= 11 is 0. The van der Waals surface area contributed by atoms with Gasteiger partial charge < -0.3 is 17.8 Å². The minimum absolute atomic E-state index is 0.00265. The zero-order valence-electron chi connectivity index (χ0n) is 22.0. The fourth-order valence-corrected chi connectivity index (χ4v) is 5.70. The van der Waals surface area contributed by atoms with Crippen LogP contribution in [0.4, 0.5) is 26.3 Å². The molecule has 1 atom stereocenters. The van der Waals surface area contributed by atoms with E-state index in [4.69, 9.17) is 9.47 Å². The maximum Gasteiger partial charge on any atom is 0.534 e. The van der Waals surface area contributed by atoms with Gasteiger partial charge in [0.25, 0.3) is 0 Å². The van der Waals surface area contributed by atoms with Crippen molar-refractivity contribution in [1.82, 2.24) is 0 Å². The molecule has 0 saturated heterocycles. The van der Waals surface area contributed by atoms with E-state index >= 15 is 0 Å². The van der Waals surface area contributed by atoms with E-state index in [-0.39, 0.29) is 27.8 Å². The van der Waals surface area contributed by atoms with Crippen LogP contribution in [0.5, 0.6) is 23.0 Å².